The smallest absolute Gasteiger partial charge is 0.0512 e. The van der Waals surface area contributed by atoms with E-state index >= 15 is 0 Å². The Morgan fingerprint density at radius 3 is 1.73 bits per heavy atom. The number of hydrogen-bond donors (Lipinski definition) is 0. The third kappa shape index (κ3) is 6.32. The third-order valence-corrected chi connectivity index (χ3v) is 1.61. The Labute approximate surface area is 69.9 Å². The lowest BCUT2D eigenvalue weighted by molar-refractivity contribution is 0.0743. The van der Waals surface area contributed by atoms with E-state index in [1.165, 1.54) is 6.42 Å². The summed E-state index contributed by atoms with van der Waals surface area (Å²) in [6.07, 6.45) is 1.18. The molecule has 2 heteroatoms. The Balaban J connectivity index is 3.50. The first-order valence-electron chi connectivity index (χ1n) is 4.18. The monoisotopic (exact) mass is 160 g/mol. The van der Waals surface area contributed by atoms with Crippen LogP contribution in [0.15, 0.2) is 0 Å². The molecule has 0 radical (unpaired) electrons. The molecule has 2 nitrogen and oxygen atoms in total. The van der Waals surface area contributed by atoms with Crippen molar-refractivity contribution in [1.29, 1.82) is 0 Å². The topological polar surface area (TPSA) is 18.5 Å². The number of ether oxygens (including phenoxy) is 2. The zero-order chi connectivity index (χ0) is 8.69. The highest BCUT2D eigenvalue weighted by Crippen LogP contribution is 2.11. The molecule has 0 aliphatic heterocycles. The Morgan fingerprint density at radius 2 is 1.45 bits per heavy atom. The predicted molar refractivity (Wildman–Crippen MR) is 46.7 cm³/mol. The van der Waals surface area contributed by atoms with Gasteiger partial charge in [-0.15, -0.1) is 0 Å². The summed E-state index contributed by atoms with van der Waals surface area (Å²) >= 11 is 0. The number of methoxy groups -OCH3 is 2. The Kier molecular flexibility index (Phi) is 6.57. The van der Waals surface area contributed by atoms with Gasteiger partial charge in [0.25, 0.3) is 0 Å². The van der Waals surface area contributed by atoms with Gasteiger partial charge in [0.15, 0.2) is 0 Å². The zero-order valence-electron chi connectivity index (χ0n) is 8.09. The van der Waals surface area contributed by atoms with E-state index in [0.717, 1.165) is 19.1 Å². The minimum Gasteiger partial charge on any atom is -0.384 e. The molecule has 0 saturated heterocycles. The van der Waals surface area contributed by atoms with Crippen LogP contribution in [0.1, 0.15) is 20.3 Å². The highest BCUT2D eigenvalue weighted by molar-refractivity contribution is 4.59. The Hall–Kier alpha value is -0.0800. The number of rotatable bonds is 6. The molecule has 0 heterocycles. The molecule has 0 aromatic carbocycles. The van der Waals surface area contributed by atoms with Gasteiger partial charge in [0.05, 0.1) is 13.2 Å². The summed E-state index contributed by atoms with van der Waals surface area (Å²) in [5.41, 5.74) is 0. The molecule has 0 N–H and O–H groups in total. The van der Waals surface area contributed by atoms with Crippen molar-refractivity contribution in [2.75, 3.05) is 27.4 Å². The molecule has 0 aromatic rings. The summed E-state index contributed by atoms with van der Waals surface area (Å²) in [6, 6.07) is 0. The Morgan fingerprint density at radius 1 is 1.00 bits per heavy atom. The second kappa shape index (κ2) is 6.62. The highest BCUT2D eigenvalue weighted by Gasteiger charge is 2.09. The lowest BCUT2D eigenvalue weighted by Gasteiger charge is -2.16. The van der Waals surface area contributed by atoms with Gasteiger partial charge in [0.1, 0.15) is 0 Å². The molecule has 0 unspecified atom stereocenters. The van der Waals surface area contributed by atoms with Crippen LogP contribution in [0.4, 0.5) is 0 Å². The summed E-state index contributed by atoms with van der Waals surface area (Å²) < 4.78 is 10.2. The first kappa shape index (κ1) is 10.9. The van der Waals surface area contributed by atoms with Gasteiger partial charge < -0.3 is 9.47 Å². The minimum absolute atomic E-state index is 0.560. The van der Waals surface area contributed by atoms with Crippen LogP contribution in [-0.4, -0.2) is 27.4 Å². The molecule has 0 aliphatic carbocycles. The van der Waals surface area contributed by atoms with Crippen LogP contribution in [0.3, 0.4) is 0 Å². The van der Waals surface area contributed by atoms with Gasteiger partial charge >= 0.3 is 0 Å². The van der Waals surface area contributed by atoms with Gasteiger partial charge in [-0.25, -0.2) is 0 Å². The molecular weight excluding hydrogens is 140 g/mol. The van der Waals surface area contributed by atoms with E-state index < -0.39 is 0 Å². The molecule has 0 rings (SSSR count). The van der Waals surface area contributed by atoms with E-state index in [9.17, 15) is 0 Å². The maximum absolute atomic E-state index is 5.08. The minimum atomic E-state index is 0.560. The first-order valence-corrected chi connectivity index (χ1v) is 4.18. The third-order valence-electron chi connectivity index (χ3n) is 1.61. The van der Waals surface area contributed by atoms with Crippen LogP contribution in [0.5, 0.6) is 0 Å². The van der Waals surface area contributed by atoms with E-state index in [0.29, 0.717) is 5.92 Å². The second-order valence-corrected chi connectivity index (χ2v) is 3.41. The molecule has 68 valence electrons. The van der Waals surface area contributed by atoms with E-state index in [2.05, 4.69) is 13.8 Å². The summed E-state index contributed by atoms with van der Waals surface area (Å²) in [6.45, 7) is 6.06. The summed E-state index contributed by atoms with van der Waals surface area (Å²) in [4.78, 5) is 0. The highest BCUT2D eigenvalue weighted by atomic mass is 16.5. The Bertz CT molecular complexity index is 75.6. The van der Waals surface area contributed by atoms with Crippen LogP contribution in [0, 0.1) is 11.8 Å². The van der Waals surface area contributed by atoms with Crippen LogP contribution < -0.4 is 0 Å². The molecule has 0 aliphatic rings. The SMILES string of the molecule is COCC(COC)CC(C)C. The fourth-order valence-corrected chi connectivity index (χ4v) is 1.32. The van der Waals surface area contributed by atoms with Crippen molar-refractivity contribution in [3.63, 3.8) is 0 Å². The van der Waals surface area contributed by atoms with Crippen LogP contribution >= 0.6 is 0 Å². The summed E-state index contributed by atoms with van der Waals surface area (Å²) in [7, 11) is 3.48. The van der Waals surface area contributed by atoms with Crippen LogP contribution in [-0.2, 0) is 9.47 Å². The summed E-state index contributed by atoms with van der Waals surface area (Å²) in [5, 5.41) is 0. The average Bonchev–Trinajstić information content (AvgIpc) is 1.87. The van der Waals surface area contributed by atoms with Crippen molar-refractivity contribution >= 4 is 0 Å². The molecule has 0 atom stereocenters. The molecule has 0 amide bonds. The quantitative estimate of drug-likeness (QED) is 0.591. The zero-order valence-corrected chi connectivity index (χ0v) is 8.09. The van der Waals surface area contributed by atoms with Gasteiger partial charge in [-0.3, -0.25) is 0 Å². The molecule has 0 saturated carbocycles. The van der Waals surface area contributed by atoms with Crippen LogP contribution in [0.2, 0.25) is 0 Å². The molecule has 0 spiro atoms. The van der Waals surface area contributed by atoms with E-state index in [-0.39, 0.29) is 0 Å². The van der Waals surface area contributed by atoms with E-state index in [1.807, 2.05) is 0 Å². The van der Waals surface area contributed by atoms with Crippen molar-refractivity contribution in [3.8, 4) is 0 Å². The molecule has 0 bridgehead atoms. The second-order valence-electron chi connectivity index (χ2n) is 3.41. The number of hydrogen-bond acceptors (Lipinski definition) is 2. The van der Waals surface area contributed by atoms with Crippen molar-refractivity contribution in [3.05, 3.63) is 0 Å². The standard InChI is InChI=1S/C9H20O2/c1-8(2)5-9(6-10-3)7-11-4/h8-9H,5-7H2,1-4H3. The van der Waals surface area contributed by atoms with Crippen molar-refractivity contribution in [2.45, 2.75) is 20.3 Å². The van der Waals surface area contributed by atoms with E-state index in [1.54, 1.807) is 14.2 Å². The van der Waals surface area contributed by atoms with Crippen LogP contribution in [0.25, 0.3) is 0 Å². The fourth-order valence-electron chi connectivity index (χ4n) is 1.32. The normalized spacial score (nSPS) is 11.5. The maximum Gasteiger partial charge on any atom is 0.0512 e. The first-order chi connectivity index (χ1) is 5.20. The van der Waals surface area contributed by atoms with Crippen molar-refractivity contribution in [2.24, 2.45) is 11.8 Å². The van der Waals surface area contributed by atoms with Gasteiger partial charge in [-0.2, -0.15) is 0 Å². The maximum atomic E-state index is 5.08. The van der Waals surface area contributed by atoms with Crippen molar-refractivity contribution in [1.82, 2.24) is 0 Å². The fraction of sp³-hybridized carbons (Fsp3) is 1.00. The summed E-state index contributed by atoms with van der Waals surface area (Å²) in [5.74, 6) is 1.29. The van der Waals surface area contributed by atoms with Gasteiger partial charge in [0, 0.05) is 20.1 Å². The lowest BCUT2D eigenvalue weighted by Crippen LogP contribution is -2.16. The van der Waals surface area contributed by atoms with Gasteiger partial charge in [-0.1, -0.05) is 13.8 Å². The largest absolute Gasteiger partial charge is 0.384 e. The van der Waals surface area contributed by atoms with Gasteiger partial charge in [0.2, 0.25) is 0 Å². The van der Waals surface area contributed by atoms with Gasteiger partial charge in [-0.05, 0) is 12.3 Å². The molecule has 0 fully saturated rings. The molecular formula is C9H20O2. The average molecular weight is 160 g/mol. The van der Waals surface area contributed by atoms with E-state index in [4.69, 9.17) is 9.47 Å². The molecule has 0 aromatic heterocycles. The molecule has 11 heavy (non-hydrogen) atoms. The van der Waals surface area contributed by atoms with Crippen molar-refractivity contribution < 1.29 is 9.47 Å². The predicted octanol–water partition coefficient (Wildman–Crippen LogP) is 1.94. The lowest BCUT2D eigenvalue weighted by atomic mass is 9.99.